The van der Waals surface area contributed by atoms with Gasteiger partial charge in [-0.3, -0.25) is 10.1 Å². The van der Waals surface area contributed by atoms with Crippen LogP contribution in [-0.4, -0.2) is 55.1 Å². The molecule has 2 unspecified atom stereocenters. The van der Waals surface area contributed by atoms with Gasteiger partial charge in [0.25, 0.3) is 0 Å². The van der Waals surface area contributed by atoms with Gasteiger partial charge in [0.15, 0.2) is 0 Å². The average Bonchev–Trinajstić information content (AvgIpc) is 2.56. The number of rotatable bonds is 5. The Morgan fingerprint density at radius 1 is 1.60 bits per heavy atom. The van der Waals surface area contributed by atoms with Crippen molar-refractivity contribution in [1.29, 1.82) is 0 Å². The Bertz CT molecular complexity index is 218. The standard InChI is InChI=1S/C11H23N3O/c1-5-10-11(15)14(8-12-10)9(2)6-7-13(3)4/h9-10,12H,5-8H2,1-4H3. The molecule has 1 aliphatic heterocycles. The summed E-state index contributed by atoms with van der Waals surface area (Å²) in [7, 11) is 4.12. The minimum Gasteiger partial charge on any atom is -0.326 e. The van der Waals surface area contributed by atoms with Crippen molar-refractivity contribution in [2.45, 2.75) is 38.8 Å². The lowest BCUT2D eigenvalue weighted by Gasteiger charge is -2.25. The van der Waals surface area contributed by atoms with Gasteiger partial charge in [0.1, 0.15) is 0 Å². The van der Waals surface area contributed by atoms with Gasteiger partial charge >= 0.3 is 0 Å². The predicted octanol–water partition coefficient (Wildman–Crippen LogP) is 0.494. The Balaban J connectivity index is 2.40. The fraction of sp³-hybridized carbons (Fsp3) is 0.909. The van der Waals surface area contributed by atoms with Crippen LogP contribution in [0.3, 0.4) is 0 Å². The number of nitrogens with zero attached hydrogens (tertiary/aromatic N) is 2. The molecule has 15 heavy (non-hydrogen) atoms. The van der Waals surface area contributed by atoms with Gasteiger partial charge in [-0.05, 0) is 40.4 Å². The molecule has 0 saturated carbocycles. The number of hydrogen-bond donors (Lipinski definition) is 1. The van der Waals surface area contributed by atoms with E-state index in [0.29, 0.717) is 12.7 Å². The molecule has 1 N–H and O–H groups in total. The highest BCUT2D eigenvalue weighted by molar-refractivity contribution is 5.83. The molecule has 0 bridgehead atoms. The van der Waals surface area contributed by atoms with Gasteiger partial charge in [-0.2, -0.15) is 0 Å². The minimum absolute atomic E-state index is 0.0480. The summed E-state index contributed by atoms with van der Waals surface area (Å²) in [5.41, 5.74) is 0. The Morgan fingerprint density at radius 2 is 2.27 bits per heavy atom. The molecule has 1 aliphatic rings. The minimum atomic E-state index is 0.0480. The van der Waals surface area contributed by atoms with E-state index < -0.39 is 0 Å². The molecule has 1 fully saturated rings. The fourth-order valence-corrected chi connectivity index (χ4v) is 1.87. The highest BCUT2D eigenvalue weighted by atomic mass is 16.2. The van der Waals surface area contributed by atoms with Gasteiger partial charge in [0.2, 0.25) is 5.91 Å². The summed E-state index contributed by atoms with van der Waals surface area (Å²) in [4.78, 5) is 16.0. The van der Waals surface area contributed by atoms with E-state index in [4.69, 9.17) is 0 Å². The molecule has 88 valence electrons. The van der Waals surface area contributed by atoms with Crippen molar-refractivity contribution in [3.05, 3.63) is 0 Å². The van der Waals surface area contributed by atoms with Crippen LogP contribution in [0.25, 0.3) is 0 Å². The first-order valence-corrected chi connectivity index (χ1v) is 5.74. The second-order valence-corrected chi connectivity index (χ2v) is 4.57. The second-order valence-electron chi connectivity index (χ2n) is 4.57. The Morgan fingerprint density at radius 3 is 2.73 bits per heavy atom. The van der Waals surface area contributed by atoms with Crippen LogP contribution in [-0.2, 0) is 4.79 Å². The monoisotopic (exact) mass is 213 g/mol. The number of carbonyl (C=O) groups excluding carboxylic acids is 1. The number of carbonyl (C=O) groups is 1. The van der Waals surface area contributed by atoms with Gasteiger partial charge in [0.05, 0.1) is 12.7 Å². The number of amides is 1. The van der Waals surface area contributed by atoms with Gasteiger partial charge in [-0.15, -0.1) is 0 Å². The van der Waals surface area contributed by atoms with Crippen LogP contribution in [0.4, 0.5) is 0 Å². The number of hydrogen-bond acceptors (Lipinski definition) is 3. The van der Waals surface area contributed by atoms with E-state index in [1.165, 1.54) is 0 Å². The molecule has 4 nitrogen and oxygen atoms in total. The van der Waals surface area contributed by atoms with Crippen molar-refractivity contribution in [1.82, 2.24) is 15.1 Å². The molecule has 1 saturated heterocycles. The van der Waals surface area contributed by atoms with E-state index in [0.717, 1.165) is 19.4 Å². The third kappa shape index (κ3) is 3.18. The molecule has 1 amide bonds. The van der Waals surface area contributed by atoms with Crippen LogP contribution in [0.2, 0.25) is 0 Å². The van der Waals surface area contributed by atoms with E-state index in [-0.39, 0.29) is 11.9 Å². The lowest BCUT2D eigenvalue weighted by Crippen LogP contribution is -2.38. The zero-order chi connectivity index (χ0) is 11.4. The summed E-state index contributed by atoms with van der Waals surface area (Å²) in [5.74, 6) is 0.267. The highest BCUT2D eigenvalue weighted by Gasteiger charge is 2.32. The summed E-state index contributed by atoms with van der Waals surface area (Å²) >= 11 is 0. The second kappa shape index (κ2) is 5.47. The fourth-order valence-electron chi connectivity index (χ4n) is 1.87. The van der Waals surface area contributed by atoms with Crippen LogP contribution in [0.1, 0.15) is 26.7 Å². The summed E-state index contributed by atoms with van der Waals surface area (Å²) in [5, 5.41) is 3.24. The largest absolute Gasteiger partial charge is 0.326 e. The lowest BCUT2D eigenvalue weighted by molar-refractivity contribution is -0.130. The Hall–Kier alpha value is -0.610. The predicted molar refractivity (Wildman–Crippen MR) is 61.6 cm³/mol. The molecule has 0 aromatic rings. The zero-order valence-corrected chi connectivity index (χ0v) is 10.3. The molecule has 1 heterocycles. The SMILES string of the molecule is CCC1NCN(C(C)CCN(C)C)C1=O. The van der Waals surface area contributed by atoms with Crippen LogP contribution in [0.15, 0.2) is 0 Å². The molecule has 1 rings (SSSR count). The quantitative estimate of drug-likeness (QED) is 0.722. The molecule has 0 aromatic carbocycles. The van der Waals surface area contributed by atoms with E-state index in [2.05, 4.69) is 31.2 Å². The van der Waals surface area contributed by atoms with Crippen LogP contribution in [0, 0.1) is 0 Å². The first kappa shape index (κ1) is 12.5. The normalized spacial score (nSPS) is 23.9. The molecule has 0 aromatic heterocycles. The summed E-state index contributed by atoms with van der Waals surface area (Å²) in [6.07, 6.45) is 1.92. The van der Waals surface area contributed by atoms with Gasteiger partial charge in [0, 0.05) is 6.04 Å². The molecule has 4 heteroatoms. The van der Waals surface area contributed by atoms with Crippen molar-refractivity contribution < 1.29 is 4.79 Å². The third-order valence-electron chi connectivity index (χ3n) is 3.02. The maximum atomic E-state index is 11.9. The Labute approximate surface area is 92.6 Å². The topological polar surface area (TPSA) is 35.6 Å². The van der Waals surface area contributed by atoms with E-state index >= 15 is 0 Å². The molecule has 0 radical (unpaired) electrons. The van der Waals surface area contributed by atoms with Crippen LogP contribution >= 0.6 is 0 Å². The third-order valence-corrected chi connectivity index (χ3v) is 3.02. The van der Waals surface area contributed by atoms with Gasteiger partial charge in [-0.25, -0.2) is 0 Å². The van der Waals surface area contributed by atoms with Crippen molar-refractivity contribution >= 4 is 5.91 Å². The van der Waals surface area contributed by atoms with Crippen molar-refractivity contribution in [3.63, 3.8) is 0 Å². The smallest absolute Gasteiger partial charge is 0.241 e. The molecule has 0 aliphatic carbocycles. The highest BCUT2D eigenvalue weighted by Crippen LogP contribution is 2.12. The maximum absolute atomic E-state index is 11.9. The molecular weight excluding hydrogens is 190 g/mol. The number of nitrogens with one attached hydrogen (secondary N) is 1. The van der Waals surface area contributed by atoms with Crippen LogP contribution < -0.4 is 5.32 Å². The van der Waals surface area contributed by atoms with Crippen molar-refractivity contribution in [2.75, 3.05) is 27.3 Å². The molecule has 0 spiro atoms. The first-order chi connectivity index (χ1) is 7.06. The summed E-state index contributed by atoms with van der Waals surface area (Å²) in [6.45, 7) is 5.92. The molecular formula is C11H23N3O. The van der Waals surface area contributed by atoms with Crippen LogP contribution in [0.5, 0.6) is 0 Å². The van der Waals surface area contributed by atoms with Crippen molar-refractivity contribution in [2.24, 2.45) is 0 Å². The average molecular weight is 213 g/mol. The van der Waals surface area contributed by atoms with E-state index in [9.17, 15) is 4.79 Å². The van der Waals surface area contributed by atoms with E-state index in [1.54, 1.807) is 0 Å². The first-order valence-electron chi connectivity index (χ1n) is 5.74. The summed E-state index contributed by atoms with van der Waals surface area (Å²) in [6, 6.07) is 0.385. The Kier molecular flexibility index (Phi) is 4.54. The summed E-state index contributed by atoms with van der Waals surface area (Å²) < 4.78 is 0. The lowest BCUT2D eigenvalue weighted by atomic mass is 10.1. The maximum Gasteiger partial charge on any atom is 0.241 e. The molecule has 2 atom stereocenters. The van der Waals surface area contributed by atoms with E-state index in [1.807, 2.05) is 11.8 Å². The van der Waals surface area contributed by atoms with Crippen molar-refractivity contribution in [3.8, 4) is 0 Å². The van der Waals surface area contributed by atoms with Gasteiger partial charge in [-0.1, -0.05) is 6.92 Å². The van der Waals surface area contributed by atoms with Gasteiger partial charge < -0.3 is 9.80 Å². The zero-order valence-electron chi connectivity index (χ0n) is 10.3.